The maximum absolute atomic E-state index is 13.8. The van der Waals surface area contributed by atoms with Gasteiger partial charge in [0.1, 0.15) is 12.6 Å². The highest BCUT2D eigenvalue weighted by molar-refractivity contribution is 7.92. The molecule has 0 saturated heterocycles. The molecule has 0 aliphatic carbocycles. The molecule has 7 nitrogen and oxygen atoms in total. The molecule has 0 radical (unpaired) electrons. The number of nitrogens with one attached hydrogen (secondary N) is 1. The summed E-state index contributed by atoms with van der Waals surface area (Å²) < 4.78 is 28.3. The predicted octanol–water partition coefficient (Wildman–Crippen LogP) is 5.13. The van der Waals surface area contributed by atoms with Crippen LogP contribution in [-0.4, -0.2) is 44.3 Å². The molecule has 0 aliphatic heterocycles. The second-order valence-corrected chi connectivity index (χ2v) is 11.2. The maximum atomic E-state index is 13.8. The first-order valence-corrected chi connectivity index (χ1v) is 14.0. The lowest BCUT2D eigenvalue weighted by atomic mass is 10.1. The first kappa shape index (κ1) is 28.5. The molecule has 3 rings (SSSR count). The molecule has 0 heterocycles. The van der Waals surface area contributed by atoms with Gasteiger partial charge in [0.05, 0.1) is 10.6 Å². The van der Waals surface area contributed by atoms with E-state index in [0.29, 0.717) is 22.2 Å². The lowest BCUT2D eigenvalue weighted by Crippen LogP contribution is -2.51. The van der Waals surface area contributed by atoms with Gasteiger partial charge >= 0.3 is 0 Å². The van der Waals surface area contributed by atoms with Gasteiger partial charge in [0.25, 0.3) is 10.0 Å². The van der Waals surface area contributed by atoms with Crippen molar-refractivity contribution in [3.63, 3.8) is 0 Å². The van der Waals surface area contributed by atoms with Gasteiger partial charge in [0.2, 0.25) is 11.8 Å². The van der Waals surface area contributed by atoms with Crippen LogP contribution in [0.2, 0.25) is 10.0 Å². The average molecular weight is 563 g/mol. The van der Waals surface area contributed by atoms with Crippen molar-refractivity contribution >= 4 is 50.7 Å². The van der Waals surface area contributed by atoms with Crippen LogP contribution in [0, 0.1) is 0 Å². The maximum Gasteiger partial charge on any atom is 0.264 e. The van der Waals surface area contributed by atoms with Crippen LogP contribution in [0.5, 0.6) is 0 Å². The number of nitrogens with zero attached hydrogens (tertiary/aromatic N) is 2. The number of benzene rings is 3. The third kappa shape index (κ3) is 7.47. The molecule has 0 bridgehead atoms. The van der Waals surface area contributed by atoms with Crippen molar-refractivity contribution in [1.82, 2.24) is 10.2 Å². The number of hydrogen-bond acceptors (Lipinski definition) is 4. The molecule has 0 aliphatic rings. The van der Waals surface area contributed by atoms with E-state index in [1.165, 1.54) is 23.1 Å². The Bertz CT molecular complexity index is 1340. The van der Waals surface area contributed by atoms with Crippen molar-refractivity contribution in [3.8, 4) is 0 Å². The molecule has 1 N–H and O–H groups in total. The quantitative estimate of drug-likeness (QED) is 0.351. The molecule has 0 spiro atoms. The minimum absolute atomic E-state index is 0.0258. The topological polar surface area (TPSA) is 86.8 Å². The van der Waals surface area contributed by atoms with Gasteiger partial charge in [0, 0.05) is 23.1 Å². The van der Waals surface area contributed by atoms with E-state index in [2.05, 4.69) is 5.32 Å². The van der Waals surface area contributed by atoms with Crippen LogP contribution >= 0.6 is 23.2 Å². The molecule has 3 aromatic rings. The number of sulfonamides is 1. The van der Waals surface area contributed by atoms with Gasteiger partial charge < -0.3 is 10.2 Å². The third-order valence-corrected chi connectivity index (χ3v) is 7.92. The van der Waals surface area contributed by atoms with Gasteiger partial charge in [-0.1, -0.05) is 66.5 Å². The van der Waals surface area contributed by atoms with Gasteiger partial charge in [-0.3, -0.25) is 13.9 Å². The Balaban J connectivity index is 2.01. The van der Waals surface area contributed by atoms with Crippen LogP contribution < -0.4 is 9.62 Å². The van der Waals surface area contributed by atoms with Gasteiger partial charge in [-0.15, -0.1) is 0 Å². The number of amides is 2. The standard InChI is InChI=1S/C27H29Cl2N3O4S/c1-3-15-30-27(34)20(2)31(18-21-9-7-10-22(28)16-21)26(33)19-32(24-12-8-11-23(29)17-24)37(35,36)25-13-5-4-6-14-25/h4-14,16-17,20H,3,15,18-19H2,1-2H3,(H,30,34). The molecule has 196 valence electrons. The van der Waals surface area contributed by atoms with Crippen LogP contribution in [0.25, 0.3) is 0 Å². The van der Waals surface area contributed by atoms with E-state index < -0.39 is 28.5 Å². The van der Waals surface area contributed by atoms with E-state index in [1.54, 1.807) is 67.6 Å². The highest BCUT2D eigenvalue weighted by atomic mass is 35.5. The van der Waals surface area contributed by atoms with Crippen molar-refractivity contribution in [2.75, 3.05) is 17.4 Å². The van der Waals surface area contributed by atoms with Crippen LogP contribution in [0.4, 0.5) is 5.69 Å². The second kappa shape index (κ2) is 12.9. The number of carbonyl (C=O) groups excluding carboxylic acids is 2. The molecule has 0 fully saturated rings. The van der Waals surface area contributed by atoms with E-state index in [1.807, 2.05) is 6.92 Å². The Morgan fingerprint density at radius 1 is 0.919 bits per heavy atom. The summed E-state index contributed by atoms with van der Waals surface area (Å²) in [6.07, 6.45) is 0.735. The van der Waals surface area contributed by atoms with E-state index in [-0.39, 0.29) is 23.0 Å². The smallest absolute Gasteiger partial charge is 0.264 e. The fraction of sp³-hybridized carbons (Fsp3) is 0.259. The molecule has 1 unspecified atom stereocenters. The zero-order valence-corrected chi connectivity index (χ0v) is 22.9. The van der Waals surface area contributed by atoms with Crippen LogP contribution in [-0.2, 0) is 26.2 Å². The summed E-state index contributed by atoms with van der Waals surface area (Å²) in [7, 11) is -4.13. The normalized spacial score (nSPS) is 12.0. The molecule has 0 saturated carbocycles. The number of carbonyl (C=O) groups is 2. The van der Waals surface area contributed by atoms with Gasteiger partial charge in [-0.25, -0.2) is 8.42 Å². The Hall–Kier alpha value is -3.07. The lowest BCUT2D eigenvalue weighted by Gasteiger charge is -2.32. The SMILES string of the molecule is CCCNC(=O)C(C)N(Cc1cccc(Cl)c1)C(=O)CN(c1cccc(Cl)c1)S(=O)(=O)c1ccccc1. The number of rotatable bonds is 11. The summed E-state index contributed by atoms with van der Waals surface area (Å²) in [4.78, 5) is 28.0. The fourth-order valence-corrected chi connectivity index (χ4v) is 5.51. The van der Waals surface area contributed by atoms with E-state index >= 15 is 0 Å². The molecule has 37 heavy (non-hydrogen) atoms. The van der Waals surface area contributed by atoms with E-state index in [4.69, 9.17) is 23.2 Å². The zero-order chi connectivity index (χ0) is 27.0. The highest BCUT2D eigenvalue weighted by Crippen LogP contribution is 2.27. The van der Waals surface area contributed by atoms with E-state index in [9.17, 15) is 18.0 Å². The summed E-state index contributed by atoms with van der Waals surface area (Å²) >= 11 is 12.3. The van der Waals surface area contributed by atoms with E-state index in [0.717, 1.165) is 10.7 Å². The monoisotopic (exact) mass is 561 g/mol. The lowest BCUT2D eigenvalue weighted by molar-refractivity contribution is -0.139. The van der Waals surface area contributed by atoms with Crippen molar-refractivity contribution in [2.24, 2.45) is 0 Å². The number of hydrogen-bond donors (Lipinski definition) is 1. The number of anilines is 1. The Kier molecular flexibility index (Phi) is 9.97. The Labute approximate surface area is 228 Å². The molecule has 0 aromatic heterocycles. The fourth-order valence-electron chi connectivity index (χ4n) is 3.69. The summed E-state index contributed by atoms with van der Waals surface area (Å²) in [6.45, 7) is 3.53. The highest BCUT2D eigenvalue weighted by Gasteiger charge is 2.32. The Morgan fingerprint density at radius 3 is 2.19 bits per heavy atom. The van der Waals surface area contributed by atoms with Crippen LogP contribution in [0.3, 0.4) is 0 Å². The number of halogens is 2. The minimum Gasteiger partial charge on any atom is -0.354 e. The molecular formula is C27H29Cl2N3O4S. The molecular weight excluding hydrogens is 533 g/mol. The van der Waals surface area contributed by atoms with Gasteiger partial charge in [-0.2, -0.15) is 0 Å². The predicted molar refractivity (Wildman–Crippen MR) is 147 cm³/mol. The first-order valence-electron chi connectivity index (χ1n) is 11.8. The van der Waals surface area contributed by atoms with Crippen molar-refractivity contribution in [3.05, 3.63) is 94.5 Å². The average Bonchev–Trinajstić information content (AvgIpc) is 2.88. The summed E-state index contributed by atoms with van der Waals surface area (Å²) in [5.41, 5.74) is 0.937. The van der Waals surface area contributed by atoms with Gasteiger partial charge in [-0.05, 0) is 61.4 Å². The molecule has 2 amide bonds. The van der Waals surface area contributed by atoms with Crippen LogP contribution in [0.15, 0.2) is 83.8 Å². The van der Waals surface area contributed by atoms with Crippen LogP contribution in [0.1, 0.15) is 25.8 Å². The molecule has 3 aromatic carbocycles. The minimum atomic E-state index is -4.13. The second-order valence-electron chi connectivity index (χ2n) is 8.42. The van der Waals surface area contributed by atoms with Crippen molar-refractivity contribution in [1.29, 1.82) is 0 Å². The summed E-state index contributed by atoms with van der Waals surface area (Å²) in [5, 5.41) is 3.61. The van der Waals surface area contributed by atoms with Gasteiger partial charge in [0.15, 0.2) is 0 Å². The third-order valence-electron chi connectivity index (χ3n) is 5.66. The summed E-state index contributed by atoms with van der Waals surface area (Å²) in [5.74, 6) is -0.893. The Morgan fingerprint density at radius 2 is 1.57 bits per heavy atom. The first-order chi connectivity index (χ1) is 17.6. The zero-order valence-electron chi connectivity index (χ0n) is 20.6. The summed E-state index contributed by atoms with van der Waals surface area (Å²) in [6, 6.07) is 20.2. The molecule has 1 atom stereocenters. The largest absolute Gasteiger partial charge is 0.354 e. The van der Waals surface area contributed by atoms with Crippen molar-refractivity contribution < 1.29 is 18.0 Å². The molecule has 10 heteroatoms. The van der Waals surface area contributed by atoms with Crippen molar-refractivity contribution in [2.45, 2.75) is 37.8 Å².